The highest BCUT2D eigenvalue weighted by Crippen LogP contribution is 2.43. The first-order chi connectivity index (χ1) is 13.0. The van der Waals surface area contributed by atoms with Crippen molar-refractivity contribution < 1.29 is 18.6 Å². The van der Waals surface area contributed by atoms with Crippen LogP contribution in [-0.2, 0) is 13.0 Å². The number of fused-ring (bicyclic) bond motifs is 2. The molecule has 2 aromatic rings. The van der Waals surface area contributed by atoms with Crippen LogP contribution in [0, 0.1) is 0 Å². The van der Waals surface area contributed by atoms with Gasteiger partial charge in [0.2, 0.25) is 0 Å². The lowest BCUT2D eigenvalue weighted by Gasteiger charge is -2.44. The molecular weight excluding hydrogens is 348 g/mol. The standard InChI is InChI=1S/C22H25F2NO2/c23-21(24)27-20-9-5-4-8-17(20)12-22(26)13-18-10-11-19(14-22)25(18)15-16-6-2-1-3-7-16/h1-9,18-19,21,26H,10-15H2. The van der Waals surface area contributed by atoms with Crippen LogP contribution in [0.3, 0.4) is 0 Å². The first kappa shape index (κ1) is 18.4. The van der Waals surface area contributed by atoms with E-state index in [1.54, 1.807) is 24.3 Å². The normalized spacial score (nSPS) is 27.9. The van der Waals surface area contributed by atoms with Crippen molar-refractivity contribution in [3.63, 3.8) is 0 Å². The zero-order valence-electron chi connectivity index (χ0n) is 15.2. The highest BCUT2D eigenvalue weighted by molar-refractivity contribution is 5.35. The fourth-order valence-electron chi connectivity index (χ4n) is 4.83. The lowest BCUT2D eigenvalue weighted by Crippen LogP contribution is -2.51. The second-order valence-electron chi connectivity index (χ2n) is 7.84. The summed E-state index contributed by atoms with van der Waals surface area (Å²) >= 11 is 0. The van der Waals surface area contributed by atoms with Crippen molar-refractivity contribution in [2.24, 2.45) is 0 Å². The maximum atomic E-state index is 12.7. The van der Waals surface area contributed by atoms with Crippen molar-refractivity contribution in [2.45, 2.75) is 62.9 Å². The Labute approximate surface area is 158 Å². The maximum absolute atomic E-state index is 12.7. The number of hydrogen-bond donors (Lipinski definition) is 1. The van der Waals surface area contributed by atoms with E-state index in [9.17, 15) is 13.9 Å². The molecule has 144 valence electrons. The third-order valence-corrected chi connectivity index (χ3v) is 5.92. The van der Waals surface area contributed by atoms with Crippen molar-refractivity contribution in [2.75, 3.05) is 0 Å². The summed E-state index contributed by atoms with van der Waals surface area (Å²) in [5.74, 6) is 0.167. The number of nitrogens with zero attached hydrogens (tertiary/aromatic N) is 1. The number of aliphatic hydroxyl groups is 1. The summed E-state index contributed by atoms with van der Waals surface area (Å²) in [5.41, 5.74) is 1.06. The quantitative estimate of drug-likeness (QED) is 0.815. The summed E-state index contributed by atoms with van der Waals surface area (Å²) in [6.45, 7) is -1.96. The number of benzene rings is 2. The van der Waals surface area contributed by atoms with Gasteiger partial charge in [0, 0.05) is 25.0 Å². The van der Waals surface area contributed by atoms with Crippen LogP contribution in [0.4, 0.5) is 8.78 Å². The number of hydrogen-bond acceptors (Lipinski definition) is 3. The summed E-state index contributed by atoms with van der Waals surface area (Å²) in [7, 11) is 0. The van der Waals surface area contributed by atoms with E-state index >= 15 is 0 Å². The zero-order chi connectivity index (χ0) is 18.9. The van der Waals surface area contributed by atoms with E-state index in [4.69, 9.17) is 0 Å². The Morgan fingerprint density at radius 1 is 1.00 bits per heavy atom. The van der Waals surface area contributed by atoms with Crippen LogP contribution < -0.4 is 4.74 Å². The average molecular weight is 373 g/mol. The molecule has 0 amide bonds. The number of piperidine rings is 1. The Morgan fingerprint density at radius 3 is 2.30 bits per heavy atom. The molecule has 0 radical (unpaired) electrons. The lowest BCUT2D eigenvalue weighted by molar-refractivity contribution is -0.0609. The van der Waals surface area contributed by atoms with E-state index < -0.39 is 12.2 Å². The van der Waals surface area contributed by atoms with Gasteiger partial charge in [0.1, 0.15) is 5.75 Å². The zero-order valence-corrected chi connectivity index (χ0v) is 15.2. The molecule has 0 spiro atoms. The van der Waals surface area contributed by atoms with Gasteiger partial charge in [0.05, 0.1) is 5.60 Å². The number of ether oxygens (including phenoxy) is 1. The van der Waals surface area contributed by atoms with Gasteiger partial charge in [-0.2, -0.15) is 8.78 Å². The van der Waals surface area contributed by atoms with Crippen LogP contribution >= 0.6 is 0 Å². The molecule has 2 aliphatic heterocycles. The Kier molecular flexibility index (Phi) is 5.15. The van der Waals surface area contributed by atoms with Crippen LogP contribution in [0.15, 0.2) is 54.6 Å². The van der Waals surface area contributed by atoms with E-state index in [-0.39, 0.29) is 5.75 Å². The van der Waals surface area contributed by atoms with E-state index in [2.05, 4.69) is 33.9 Å². The number of para-hydroxylation sites is 1. The van der Waals surface area contributed by atoms with E-state index in [1.165, 1.54) is 5.56 Å². The van der Waals surface area contributed by atoms with Crippen molar-refractivity contribution in [3.8, 4) is 5.75 Å². The molecule has 2 bridgehead atoms. The summed E-state index contributed by atoms with van der Waals surface area (Å²) in [6, 6.07) is 17.9. The van der Waals surface area contributed by atoms with Gasteiger partial charge in [0.15, 0.2) is 0 Å². The molecule has 3 nitrogen and oxygen atoms in total. The highest BCUT2D eigenvalue weighted by Gasteiger charge is 2.47. The molecule has 0 aromatic heterocycles. The largest absolute Gasteiger partial charge is 0.435 e. The Bertz CT molecular complexity index is 754. The third kappa shape index (κ3) is 4.14. The first-order valence-electron chi connectivity index (χ1n) is 9.57. The summed E-state index contributed by atoms with van der Waals surface area (Å²) in [5, 5.41) is 11.3. The van der Waals surface area contributed by atoms with Crippen LogP contribution in [0.1, 0.15) is 36.8 Å². The van der Waals surface area contributed by atoms with Crippen LogP contribution in [0.2, 0.25) is 0 Å². The van der Waals surface area contributed by atoms with Crippen molar-refractivity contribution >= 4 is 0 Å². The third-order valence-electron chi connectivity index (χ3n) is 5.92. The Hall–Kier alpha value is -1.98. The molecule has 5 heteroatoms. The summed E-state index contributed by atoms with van der Waals surface area (Å²) < 4.78 is 30.0. The molecule has 2 aromatic carbocycles. The maximum Gasteiger partial charge on any atom is 0.387 e. The second-order valence-corrected chi connectivity index (χ2v) is 7.84. The molecule has 27 heavy (non-hydrogen) atoms. The van der Waals surface area contributed by atoms with Gasteiger partial charge in [-0.15, -0.1) is 0 Å². The van der Waals surface area contributed by atoms with Crippen LogP contribution in [-0.4, -0.2) is 34.3 Å². The van der Waals surface area contributed by atoms with Gasteiger partial charge in [-0.3, -0.25) is 4.90 Å². The molecule has 2 aliphatic rings. The van der Waals surface area contributed by atoms with Gasteiger partial charge in [0.25, 0.3) is 0 Å². The Balaban J connectivity index is 1.47. The topological polar surface area (TPSA) is 32.7 Å². The molecule has 0 saturated carbocycles. The molecule has 2 heterocycles. The smallest absolute Gasteiger partial charge is 0.387 e. The van der Waals surface area contributed by atoms with E-state index in [0.717, 1.165) is 19.4 Å². The monoisotopic (exact) mass is 373 g/mol. The predicted octanol–water partition coefficient (Wildman–Crippen LogP) is 4.39. The molecule has 2 saturated heterocycles. The molecule has 1 N–H and O–H groups in total. The average Bonchev–Trinajstić information content (AvgIpc) is 2.88. The number of alkyl halides is 2. The van der Waals surface area contributed by atoms with Gasteiger partial charge in [-0.25, -0.2) is 0 Å². The Morgan fingerprint density at radius 2 is 1.63 bits per heavy atom. The molecule has 2 unspecified atom stereocenters. The van der Waals surface area contributed by atoms with E-state index in [0.29, 0.717) is 36.9 Å². The predicted molar refractivity (Wildman–Crippen MR) is 99.8 cm³/mol. The second kappa shape index (κ2) is 7.56. The lowest BCUT2D eigenvalue weighted by atomic mass is 9.81. The molecule has 4 rings (SSSR count). The van der Waals surface area contributed by atoms with Crippen molar-refractivity contribution in [3.05, 3.63) is 65.7 Å². The van der Waals surface area contributed by atoms with Gasteiger partial charge >= 0.3 is 6.61 Å². The molecule has 2 atom stereocenters. The fraction of sp³-hybridized carbons (Fsp3) is 0.455. The first-order valence-corrected chi connectivity index (χ1v) is 9.57. The van der Waals surface area contributed by atoms with Crippen LogP contribution in [0.25, 0.3) is 0 Å². The minimum atomic E-state index is -2.86. The number of rotatable bonds is 6. The molecule has 2 fully saturated rings. The fourth-order valence-corrected chi connectivity index (χ4v) is 4.83. The summed E-state index contributed by atoms with van der Waals surface area (Å²) in [6.07, 6.45) is 3.84. The van der Waals surface area contributed by atoms with Gasteiger partial charge in [-0.1, -0.05) is 48.5 Å². The van der Waals surface area contributed by atoms with Crippen molar-refractivity contribution in [1.29, 1.82) is 0 Å². The highest BCUT2D eigenvalue weighted by atomic mass is 19.3. The minimum absolute atomic E-state index is 0.167. The van der Waals surface area contributed by atoms with Gasteiger partial charge < -0.3 is 9.84 Å². The SMILES string of the molecule is OC1(Cc2ccccc2OC(F)F)CC2CCC(C1)N2Cc1ccccc1. The van der Waals surface area contributed by atoms with E-state index in [1.807, 2.05) is 6.07 Å². The van der Waals surface area contributed by atoms with Crippen molar-refractivity contribution in [1.82, 2.24) is 4.90 Å². The minimum Gasteiger partial charge on any atom is -0.435 e. The summed E-state index contributed by atoms with van der Waals surface area (Å²) in [4.78, 5) is 2.51. The molecular formula is C22H25F2NO2. The number of halogens is 2. The van der Waals surface area contributed by atoms with Crippen LogP contribution in [0.5, 0.6) is 5.75 Å². The molecule has 0 aliphatic carbocycles. The van der Waals surface area contributed by atoms with Gasteiger partial charge in [-0.05, 0) is 42.9 Å².